The van der Waals surface area contributed by atoms with Crippen LogP contribution in [0.25, 0.3) is 72.2 Å². The van der Waals surface area contributed by atoms with Crippen molar-refractivity contribution in [2.75, 3.05) is 4.90 Å². The number of para-hydroxylation sites is 4. The Balaban J connectivity index is 1.20. The Labute approximate surface area is 318 Å². The molecule has 11 rings (SSSR count). The molecule has 3 heterocycles. The van der Waals surface area contributed by atoms with Gasteiger partial charge in [0.2, 0.25) is 5.95 Å². The standard InChI is InChI=1S/C50H32N4O/c1-4-16-34(17-5-1)41-32-42(35-18-6-2-7-19-35)52-50(51-41)54-45-30-27-33-15-10-11-22-38(33)48(45)40-24-14-23-39(49(40)54)36-28-29-44-47(31-36)55-46-26-13-12-25-43(46)53(44)37-20-8-3-9-21-37/h1-32H. The third kappa shape index (κ3) is 5.09. The van der Waals surface area contributed by atoms with Gasteiger partial charge in [0.15, 0.2) is 11.5 Å². The number of anilines is 3. The maximum atomic E-state index is 6.69. The van der Waals surface area contributed by atoms with Crippen LogP contribution < -0.4 is 9.64 Å². The van der Waals surface area contributed by atoms with Crippen LogP contribution in [0.4, 0.5) is 17.1 Å². The van der Waals surface area contributed by atoms with Crippen LogP contribution in [0.1, 0.15) is 0 Å². The number of aromatic nitrogens is 3. The quantitative estimate of drug-likeness (QED) is 0.179. The highest BCUT2D eigenvalue weighted by atomic mass is 16.5. The summed E-state index contributed by atoms with van der Waals surface area (Å²) < 4.78 is 8.95. The van der Waals surface area contributed by atoms with Crippen LogP contribution in [0.15, 0.2) is 194 Å². The monoisotopic (exact) mass is 704 g/mol. The highest BCUT2D eigenvalue weighted by molar-refractivity contribution is 6.23. The van der Waals surface area contributed by atoms with Crippen LogP contribution in [0, 0.1) is 0 Å². The summed E-state index contributed by atoms with van der Waals surface area (Å²) in [6.45, 7) is 0. The molecule has 0 spiro atoms. The zero-order valence-corrected chi connectivity index (χ0v) is 29.7. The summed E-state index contributed by atoms with van der Waals surface area (Å²) in [4.78, 5) is 13.0. The molecule has 0 fully saturated rings. The van der Waals surface area contributed by atoms with Gasteiger partial charge in [0.1, 0.15) is 0 Å². The average molecular weight is 705 g/mol. The number of benzene rings is 8. The lowest BCUT2D eigenvalue weighted by atomic mass is 9.99. The maximum Gasteiger partial charge on any atom is 0.235 e. The van der Waals surface area contributed by atoms with E-state index >= 15 is 0 Å². The van der Waals surface area contributed by atoms with Crippen LogP contribution in [0.3, 0.4) is 0 Å². The topological polar surface area (TPSA) is 43.2 Å². The van der Waals surface area contributed by atoms with Crippen molar-refractivity contribution >= 4 is 49.6 Å². The van der Waals surface area contributed by atoms with Gasteiger partial charge in [0.25, 0.3) is 0 Å². The normalized spacial score (nSPS) is 12.1. The summed E-state index contributed by atoms with van der Waals surface area (Å²) in [5, 5.41) is 4.68. The molecule has 0 saturated heterocycles. The highest BCUT2D eigenvalue weighted by Gasteiger charge is 2.27. The highest BCUT2D eigenvalue weighted by Crippen LogP contribution is 2.52. The Kier molecular flexibility index (Phi) is 7.10. The largest absolute Gasteiger partial charge is 0.453 e. The predicted molar refractivity (Wildman–Crippen MR) is 225 cm³/mol. The Bertz CT molecular complexity index is 3010. The first-order valence-corrected chi connectivity index (χ1v) is 18.5. The molecule has 0 aliphatic carbocycles. The van der Waals surface area contributed by atoms with Gasteiger partial charge in [-0.2, -0.15) is 0 Å². The SMILES string of the molecule is c1ccc(-c2cc(-c3ccccc3)nc(-n3c4ccc5ccccc5c4c4cccc(-c5ccc6c(c5)Oc5ccccc5N6c5ccccc5)c43)n2)cc1. The van der Waals surface area contributed by atoms with E-state index in [4.69, 9.17) is 14.7 Å². The molecule has 0 amide bonds. The van der Waals surface area contributed by atoms with Crippen LogP contribution in [0.5, 0.6) is 11.5 Å². The Morgan fingerprint density at radius 1 is 0.436 bits per heavy atom. The molecule has 2 aromatic heterocycles. The summed E-state index contributed by atoms with van der Waals surface area (Å²) >= 11 is 0. The number of rotatable bonds is 5. The van der Waals surface area contributed by atoms with Crippen molar-refractivity contribution in [1.29, 1.82) is 0 Å². The van der Waals surface area contributed by atoms with Gasteiger partial charge >= 0.3 is 0 Å². The molecular weight excluding hydrogens is 673 g/mol. The number of ether oxygens (including phenoxy) is 1. The van der Waals surface area contributed by atoms with Crippen LogP contribution >= 0.6 is 0 Å². The van der Waals surface area contributed by atoms with Gasteiger partial charge in [0.05, 0.1) is 33.8 Å². The molecule has 55 heavy (non-hydrogen) atoms. The molecule has 1 aliphatic heterocycles. The van der Waals surface area contributed by atoms with E-state index in [1.165, 1.54) is 16.2 Å². The third-order valence-corrected chi connectivity index (χ3v) is 10.6. The summed E-state index contributed by atoms with van der Waals surface area (Å²) in [6.07, 6.45) is 0. The fraction of sp³-hybridized carbons (Fsp3) is 0. The summed E-state index contributed by atoms with van der Waals surface area (Å²) in [6, 6.07) is 67.7. The lowest BCUT2D eigenvalue weighted by Gasteiger charge is -2.33. The summed E-state index contributed by atoms with van der Waals surface area (Å²) in [7, 11) is 0. The molecule has 0 atom stereocenters. The molecule has 8 aromatic carbocycles. The first-order chi connectivity index (χ1) is 27.3. The molecule has 0 N–H and O–H groups in total. The van der Waals surface area contributed by atoms with Crippen LogP contribution in [-0.4, -0.2) is 14.5 Å². The van der Waals surface area contributed by atoms with Crippen molar-refractivity contribution in [3.05, 3.63) is 194 Å². The van der Waals surface area contributed by atoms with E-state index in [-0.39, 0.29) is 0 Å². The second kappa shape index (κ2) is 12.6. The number of hydrogen-bond donors (Lipinski definition) is 0. The van der Waals surface area contributed by atoms with Gasteiger partial charge in [0, 0.05) is 33.2 Å². The minimum Gasteiger partial charge on any atom is -0.453 e. The van der Waals surface area contributed by atoms with Gasteiger partial charge in [-0.05, 0) is 64.9 Å². The molecule has 10 aromatic rings. The molecule has 5 heteroatoms. The van der Waals surface area contributed by atoms with E-state index in [9.17, 15) is 0 Å². The number of hydrogen-bond acceptors (Lipinski definition) is 4. The molecular formula is C50H32N4O. The van der Waals surface area contributed by atoms with Crippen molar-refractivity contribution in [3.8, 4) is 51.1 Å². The maximum absolute atomic E-state index is 6.69. The van der Waals surface area contributed by atoms with E-state index in [2.05, 4.69) is 173 Å². The van der Waals surface area contributed by atoms with E-state index in [0.29, 0.717) is 5.95 Å². The fourth-order valence-corrected chi connectivity index (χ4v) is 8.10. The fourth-order valence-electron chi connectivity index (χ4n) is 8.10. The first kappa shape index (κ1) is 31.1. The van der Waals surface area contributed by atoms with Crippen molar-refractivity contribution in [2.24, 2.45) is 0 Å². The predicted octanol–water partition coefficient (Wildman–Crippen LogP) is 13.3. The number of fused-ring (bicyclic) bond motifs is 7. The molecule has 1 aliphatic rings. The van der Waals surface area contributed by atoms with Gasteiger partial charge < -0.3 is 9.64 Å². The molecule has 0 saturated carbocycles. The van der Waals surface area contributed by atoms with Gasteiger partial charge in [-0.15, -0.1) is 0 Å². The van der Waals surface area contributed by atoms with Gasteiger partial charge in [-0.1, -0.05) is 146 Å². The minimum atomic E-state index is 0.612. The molecule has 0 unspecified atom stereocenters. The second-order valence-electron chi connectivity index (χ2n) is 13.8. The Hall–Kier alpha value is -7.50. The smallest absolute Gasteiger partial charge is 0.235 e. The van der Waals surface area contributed by atoms with Crippen molar-refractivity contribution in [3.63, 3.8) is 0 Å². The van der Waals surface area contributed by atoms with E-state index in [1.807, 2.05) is 30.3 Å². The van der Waals surface area contributed by atoms with Gasteiger partial charge in [-0.25, -0.2) is 9.97 Å². The zero-order chi connectivity index (χ0) is 36.3. The average Bonchev–Trinajstić information content (AvgIpc) is 3.61. The Morgan fingerprint density at radius 3 is 1.84 bits per heavy atom. The third-order valence-electron chi connectivity index (χ3n) is 10.6. The van der Waals surface area contributed by atoms with Crippen molar-refractivity contribution in [2.45, 2.75) is 0 Å². The van der Waals surface area contributed by atoms with Crippen molar-refractivity contribution in [1.82, 2.24) is 14.5 Å². The number of nitrogens with zero attached hydrogens (tertiary/aromatic N) is 4. The van der Waals surface area contributed by atoms with Crippen molar-refractivity contribution < 1.29 is 4.74 Å². The van der Waals surface area contributed by atoms with Crippen LogP contribution in [0.2, 0.25) is 0 Å². The lowest BCUT2D eigenvalue weighted by molar-refractivity contribution is 0.477. The summed E-state index contributed by atoms with van der Waals surface area (Å²) in [5.74, 6) is 2.22. The zero-order valence-electron chi connectivity index (χ0n) is 29.7. The molecule has 0 radical (unpaired) electrons. The van der Waals surface area contributed by atoms with E-state index in [1.54, 1.807) is 0 Å². The minimum absolute atomic E-state index is 0.612. The molecule has 5 nitrogen and oxygen atoms in total. The molecule has 0 bridgehead atoms. The first-order valence-electron chi connectivity index (χ1n) is 18.5. The summed E-state index contributed by atoms with van der Waals surface area (Å²) in [5.41, 5.74) is 11.0. The van der Waals surface area contributed by atoms with Gasteiger partial charge in [-0.3, -0.25) is 4.57 Å². The Morgan fingerprint density at radius 2 is 1.07 bits per heavy atom. The second-order valence-corrected chi connectivity index (χ2v) is 13.8. The molecule has 258 valence electrons. The van der Waals surface area contributed by atoms with Crippen LogP contribution in [-0.2, 0) is 0 Å². The van der Waals surface area contributed by atoms with E-state index < -0.39 is 0 Å². The lowest BCUT2D eigenvalue weighted by Crippen LogP contribution is -2.15. The van der Waals surface area contributed by atoms with E-state index in [0.717, 1.165) is 78.6 Å².